The van der Waals surface area contributed by atoms with Gasteiger partial charge in [0.05, 0.1) is 7.11 Å². The molecule has 1 aromatic carbocycles. The molecule has 1 aliphatic carbocycles. The number of hydrogen-bond acceptors (Lipinski definition) is 4. The average Bonchev–Trinajstić information content (AvgIpc) is 3.10. The number of carbonyl (C=O) groups is 2. The maximum absolute atomic E-state index is 11.9. The van der Waals surface area contributed by atoms with Crippen molar-refractivity contribution in [3.05, 3.63) is 24.3 Å². The minimum atomic E-state index is -0.212. The fourth-order valence-corrected chi connectivity index (χ4v) is 3.06. The zero-order valence-corrected chi connectivity index (χ0v) is 14.4. The van der Waals surface area contributed by atoms with Crippen LogP contribution in [-0.4, -0.2) is 49.6 Å². The van der Waals surface area contributed by atoms with Crippen LogP contribution in [0.25, 0.3) is 0 Å². The molecule has 6 heteroatoms. The van der Waals surface area contributed by atoms with Crippen LogP contribution in [0.3, 0.4) is 0 Å². The van der Waals surface area contributed by atoms with E-state index in [0.29, 0.717) is 30.6 Å². The second-order valence-corrected chi connectivity index (χ2v) is 5.94. The van der Waals surface area contributed by atoms with Crippen LogP contribution in [0, 0.1) is 0 Å². The van der Waals surface area contributed by atoms with Crippen LogP contribution >= 0.6 is 0 Å². The van der Waals surface area contributed by atoms with Gasteiger partial charge >= 0.3 is 0 Å². The summed E-state index contributed by atoms with van der Waals surface area (Å²) in [6, 6.07) is 7.51. The lowest BCUT2D eigenvalue weighted by atomic mass is 10.2. The molecule has 2 rings (SSSR count). The molecule has 0 spiro atoms. The van der Waals surface area contributed by atoms with Gasteiger partial charge in [0.15, 0.2) is 18.1 Å². The Morgan fingerprint density at radius 1 is 1.21 bits per heavy atom. The van der Waals surface area contributed by atoms with Gasteiger partial charge in [-0.15, -0.1) is 0 Å². The van der Waals surface area contributed by atoms with E-state index in [2.05, 4.69) is 5.32 Å². The summed E-state index contributed by atoms with van der Waals surface area (Å²) in [6.45, 7) is 2.49. The molecular formula is C18H26N2O4. The van der Waals surface area contributed by atoms with E-state index in [9.17, 15) is 9.59 Å². The van der Waals surface area contributed by atoms with Gasteiger partial charge in [-0.25, -0.2) is 0 Å². The molecular weight excluding hydrogens is 308 g/mol. The molecule has 132 valence electrons. The maximum atomic E-state index is 11.9. The molecule has 1 aromatic rings. The lowest BCUT2D eigenvalue weighted by Crippen LogP contribution is -2.43. The summed E-state index contributed by atoms with van der Waals surface area (Å²) in [5, 5.41) is 2.80. The van der Waals surface area contributed by atoms with Gasteiger partial charge in [0.1, 0.15) is 0 Å². The number of hydrogen-bond donors (Lipinski definition) is 1. The first-order valence-corrected chi connectivity index (χ1v) is 8.41. The van der Waals surface area contributed by atoms with E-state index in [1.54, 1.807) is 26.2 Å². The summed E-state index contributed by atoms with van der Waals surface area (Å²) in [5.74, 6) is 0.984. The number of benzene rings is 1. The molecule has 6 nitrogen and oxygen atoms in total. The third kappa shape index (κ3) is 5.15. The fraction of sp³-hybridized carbons (Fsp3) is 0.556. The second-order valence-electron chi connectivity index (χ2n) is 5.94. The highest BCUT2D eigenvalue weighted by atomic mass is 16.5. The van der Waals surface area contributed by atoms with Gasteiger partial charge in [-0.3, -0.25) is 9.59 Å². The van der Waals surface area contributed by atoms with Crippen LogP contribution in [0.4, 0.5) is 0 Å². The van der Waals surface area contributed by atoms with Crippen LogP contribution < -0.4 is 14.8 Å². The van der Waals surface area contributed by atoms with Crippen molar-refractivity contribution in [2.24, 2.45) is 0 Å². The highest BCUT2D eigenvalue weighted by Crippen LogP contribution is 2.25. The lowest BCUT2D eigenvalue weighted by Gasteiger charge is -2.27. The van der Waals surface area contributed by atoms with Gasteiger partial charge in [-0.05, 0) is 25.0 Å². The third-order valence-corrected chi connectivity index (χ3v) is 4.27. The Balaban J connectivity index is 1.73. The monoisotopic (exact) mass is 334 g/mol. The molecule has 0 bridgehead atoms. The SMILES string of the molecule is COc1ccccc1OCC(=O)NCCN(C(C)=O)C1CCCC1. The number of para-hydroxylation sites is 2. The Labute approximate surface area is 143 Å². The molecule has 1 N–H and O–H groups in total. The quantitative estimate of drug-likeness (QED) is 0.789. The van der Waals surface area contributed by atoms with E-state index < -0.39 is 0 Å². The smallest absolute Gasteiger partial charge is 0.258 e. The van der Waals surface area contributed by atoms with Crippen molar-refractivity contribution in [2.45, 2.75) is 38.6 Å². The van der Waals surface area contributed by atoms with E-state index in [-0.39, 0.29) is 18.4 Å². The van der Waals surface area contributed by atoms with Crippen molar-refractivity contribution in [1.29, 1.82) is 0 Å². The number of rotatable bonds is 8. The second kappa shape index (κ2) is 9.15. The Kier molecular flexibility index (Phi) is 6.90. The molecule has 0 unspecified atom stereocenters. The molecule has 0 radical (unpaired) electrons. The normalized spacial score (nSPS) is 14.2. The summed E-state index contributed by atoms with van der Waals surface area (Å²) in [4.78, 5) is 25.5. The summed E-state index contributed by atoms with van der Waals surface area (Å²) in [7, 11) is 1.56. The van der Waals surface area contributed by atoms with Gasteiger partial charge in [0.25, 0.3) is 5.91 Å². The van der Waals surface area contributed by atoms with Crippen LogP contribution in [-0.2, 0) is 9.59 Å². The molecule has 0 aromatic heterocycles. The van der Waals surface area contributed by atoms with Crippen LogP contribution in [0.15, 0.2) is 24.3 Å². The zero-order chi connectivity index (χ0) is 17.4. The van der Waals surface area contributed by atoms with Crippen molar-refractivity contribution in [3.8, 4) is 11.5 Å². The van der Waals surface area contributed by atoms with Gasteiger partial charge < -0.3 is 19.7 Å². The van der Waals surface area contributed by atoms with Crippen LogP contribution in [0.2, 0.25) is 0 Å². The van der Waals surface area contributed by atoms with E-state index in [0.717, 1.165) is 12.8 Å². The van der Waals surface area contributed by atoms with Gasteiger partial charge in [0.2, 0.25) is 5.91 Å². The Bertz CT molecular complexity index is 556. The standard InChI is InChI=1S/C18H26N2O4/c1-14(21)20(15-7-3-4-8-15)12-11-19-18(22)13-24-17-10-6-5-9-16(17)23-2/h5-6,9-10,15H,3-4,7-8,11-13H2,1-2H3,(H,19,22). The number of carbonyl (C=O) groups excluding carboxylic acids is 2. The Morgan fingerprint density at radius 2 is 1.88 bits per heavy atom. The Hall–Kier alpha value is -2.24. The van der Waals surface area contributed by atoms with Crippen molar-refractivity contribution in [2.75, 3.05) is 26.8 Å². The minimum Gasteiger partial charge on any atom is -0.493 e. The van der Waals surface area contributed by atoms with Gasteiger partial charge in [0, 0.05) is 26.1 Å². The number of nitrogens with one attached hydrogen (secondary N) is 1. The molecule has 1 aliphatic rings. The average molecular weight is 334 g/mol. The molecule has 0 atom stereocenters. The molecule has 0 saturated heterocycles. The van der Waals surface area contributed by atoms with Crippen LogP contribution in [0.1, 0.15) is 32.6 Å². The highest BCUT2D eigenvalue weighted by Gasteiger charge is 2.24. The molecule has 2 amide bonds. The lowest BCUT2D eigenvalue weighted by molar-refractivity contribution is -0.131. The maximum Gasteiger partial charge on any atom is 0.258 e. The third-order valence-electron chi connectivity index (χ3n) is 4.27. The molecule has 0 heterocycles. The fourth-order valence-electron chi connectivity index (χ4n) is 3.06. The van der Waals surface area contributed by atoms with E-state index >= 15 is 0 Å². The summed E-state index contributed by atoms with van der Waals surface area (Å²) < 4.78 is 10.6. The summed E-state index contributed by atoms with van der Waals surface area (Å²) in [5.41, 5.74) is 0. The number of ether oxygens (including phenoxy) is 2. The van der Waals surface area contributed by atoms with E-state index in [4.69, 9.17) is 9.47 Å². The molecule has 1 fully saturated rings. The number of methoxy groups -OCH3 is 1. The van der Waals surface area contributed by atoms with Gasteiger partial charge in [-0.2, -0.15) is 0 Å². The topological polar surface area (TPSA) is 67.9 Å². The minimum absolute atomic E-state index is 0.0708. The summed E-state index contributed by atoms with van der Waals surface area (Å²) >= 11 is 0. The van der Waals surface area contributed by atoms with Gasteiger partial charge in [-0.1, -0.05) is 25.0 Å². The van der Waals surface area contributed by atoms with Crippen molar-refractivity contribution >= 4 is 11.8 Å². The first-order valence-electron chi connectivity index (χ1n) is 8.41. The zero-order valence-electron chi connectivity index (χ0n) is 14.4. The van der Waals surface area contributed by atoms with E-state index in [1.807, 2.05) is 17.0 Å². The first kappa shape index (κ1) is 18.1. The highest BCUT2D eigenvalue weighted by molar-refractivity contribution is 5.78. The predicted molar refractivity (Wildman–Crippen MR) is 91.1 cm³/mol. The Morgan fingerprint density at radius 3 is 2.50 bits per heavy atom. The first-order chi connectivity index (χ1) is 11.6. The molecule has 0 aliphatic heterocycles. The van der Waals surface area contributed by atoms with Crippen molar-refractivity contribution < 1.29 is 19.1 Å². The predicted octanol–water partition coefficient (Wildman–Crippen LogP) is 1.98. The van der Waals surface area contributed by atoms with E-state index in [1.165, 1.54) is 12.8 Å². The molecule has 24 heavy (non-hydrogen) atoms. The number of amides is 2. The number of nitrogens with zero attached hydrogens (tertiary/aromatic N) is 1. The molecule has 1 saturated carbocycles. The van der Waals surface area contributed by atoms with Crippen molar-refractivity contribution in [1.82, 2.24) is 10.2 Å². The van der Waals surface area contributed by atoms with Crippen molar-refractivity contribution in [3.63, 3.8) is 0 Å². The summed E-state index contributed by atoms with van der Waals surface area (Å²) in [6.07, 6.45) is 4.47. The van der Waals surface area contributed by atoms with Crippen LogP contribution in [0.5, 0.6) is 11.5 Å². The largest absolute Gasteiger partial charge is 0.493 e.